The van der Waals surface area contributed by atoms with Gasteiger partial charge in [0.25, 0.3) is 0 Å². The minimum Gasteiger partial charge on any atom is -0.494 e. The lowest BCUT2D eigenvalue weighted by Crippen LogP contribution is -2.46. The minimum absolute atomic E-state index is 0.145. The second-order valence-electron chi connectivity index (χ2n) is 5.16. The molecule has 0 saturated carbocycles. The summed E-state index contributed by atoms with van der Waals surface area (Å²) in [7, 11) is 1.41. The molecule has 0 radical (unpaired) electrons. The fourth-order valence-electron chi connectivity index (χ4n) is 2.42. The number of methoxy groups -OCH3 is 1. The van der Waals surface area contributed by atoms with Gasteiger partial charge in [0.2, 0.25) is 5.91 Å². The van der Waals surface area contributed by atoms with Gasteiger partial charge in [0.05, 0.1) is 13.2 Å². The number of nitrogens with two attached hydrogens (primary N) is 1. The fourth-order valence-corrected chi connectivity index (χ4v) is 2.42. The number of carbonyl (C=O) groups is 1. The molecule has 1 heterocycles. The number of hydrogen-bond acceptors (Lipinski definition) is 4. The molecule has 0 aliphatic carbocycles. The van der Waals surface area contributed by atoms with E-state index in [2.05, 4.69) is 5.32 Å². The minimum atomic E-state index is -0.544. The summed E-state index contributed by atoms with van der Waals surface area (Å²) in [5, 5.41) is 2.75. The van der Waals surface area contributed by atoms with Gasteiger partial charge >= 0.3 is 0 Å². The van der Waals surface area contributed by atoms with E-state index >= 15 is 0 Å². The Balaban J connectivity index is 1.86. The molecule has 0 bridgehead atoms. The third-order valence-electron chi connectivity index (χ3n) is 3.76. The SMILES string of the molecule is COc1ccc(CNC(=O)C(N)C2CCOCC2)cc1F. The van der Waals surface area contributed by atoms with Crippen molar-refractivity contribution in [1.82, 2.24) is 5.32 Å². The summed E-state index contributed by atoms with van der Waals surface area (Å²) in [6.45, 7) is 1.54. The monoisotopic (exact) mass is 296 g/mol. The number of nitrogens with one attached hydrogen (secondary N) is 1. The number of halogens is 1. The highest BCUT2D eigenvalue weighted by atomic mass is 19.1. The van der Waals surface area contributed by atoms with Crippen molar-refractivity contribution < 1.29 is 18.7 Å². The van der Waals surface area contributed by atoms with Gasteiger partial charge < -0.3 is 20.5 Å². The van der Waals surface area contributed by atoms with Crippen LogP contribution >= 0.6 is 0 Å². The molecule has 1 aromatic rings. The maximum absolute atomic E-state index is 13.5. The highest BCUT2D eigenvalue weighted by Gasteiger charge is 2.26. The lowest BCUT2D eigenvalue weighted by atomic mass is 9.92. The van der Waals surface area contributed by atoms with E-state index in [4.69, 9.17) is 15.2 Å². The first-order valence-electron chi connectivity index (χ1n) is 7.05. The molecule has 1 unspecified atom stereocenters. The van der Waals surface area contributed by atoms with Crippen LogP contribution in [0.5, 0.6) is 5.75 Å². The molecule has 1 atom stereocenters. The third-order valence-corrected chi connectivity index (χ3v) is 3.76. The van der Waals surface area contributed by atoms with Crippen molar-refractivity contribution in [2.45, 2.75) is 25.4 Å². The average Bonchev–Trinajstić information content (AvgIpc) is 2.52. The number of amides is 1. The maximum atomic E-state index is 13.5. The van der Waals surface area contributed by atoms with Crippen molar-refractivity contribution in [3.63, 3.8) is 0 Å². The smallest absolute Gasteiger partial charge is 0.237 e. The molecule has 1 fully saturated rings. The van der Waals surface area contributed by atoms with Gasteiger partial charge in [-0.3, -0.25) is 4.79 Å². The summed E-state index contributed by atoms with van der Waals surface area (Å²) < 4.78 is 23.7. The summed E-state index contributed by atoms with van der Waals surface area (Å²) >= 11 is 0. The molecule has 0 spiro atoms. The molecule has 6 heteroatoms. The molecular weight excluding hydrogens is 275 g/mol. The van der Waals surface area contributed by atoms with Crippen LogP contribution in [0, 0.1) is 11.7 Å². The standard InChI is InChI=1S/C15H21FN2O3/c1-20-13-3-2-10(8-12(13)16)9-18-15(19)14(17)11-4-6-21-7-5-11/h2-3,8,11,14H,4-7,9,17H2,1H3,(H,18,19). The molecule has 5 nitrogen and oxygen atoms in total. The average molecular weight is 296 g/mol. The molecule has 21 heavy (non-hydrogen) atoms. The first-order valence-corrected chi connectivity index (χ1v) is 7.05. The van der Waals surface area contributed by atoms with E-state index < -0.39 is 11.9 Å². The molecule has 1 aliphatic rings. The summed E-state index contributed by atoms with van der Waals surface area (Å²) in [6.07, 6.45) is 1.59. The summed E-state index contributed by atoms with van der Waals surface area (Å²) in [5.74, 6) is -0.327. The lowest BCUT2D eigenvalue weighted by molar-refractivity contribution is -0.124. The van der Waals surface area contributed by atoms with Gasteiger partial charge in [0.15, 0.2) is 11.6 Å². The van der Waals surface area contributed by atoms with E-state index in [9.17, 15) is 9.18 Å². The first-order chi connectivity index (χ1) is 10.1. The predicted octanol–water partition coefficient (Wildman–Crippen LogP) is 1.20. The van der Waals surface area contributed by atoms with Crippen LogP contribution < -0.4 is 15.8 Å². The molecule has 116 valence electrons. The Hall–Kier alpha value is -1.66. The van der Waals surface area contributed by atoms with E-state index in [0.29, 0.717) is 18.8 Å². The van der Waals surface area contributed by atoms with Crippen LogP contribution in [0.3, 0.4) is 0 Å². The molecular formula is C15H21FN2O3. The molecule has 1 aliphatic heterocycles. The number of ether oxygens (including phenoxy) is 2. The number of benzene rings is 1. The summed E-state index contributed by atoms with van der Waals surface area (Å²) in [6, 6.07) is 4.05. The van der Waals surface area contributed by atoms with E-state index in [0.717, 1.165) is 12.8 Å². The van der Waals surface area contributed by atoms with Crippen LogP contribution in [-0.4, -0.2) is 32.3 Å². The third kappa shape index (κ3) is 4.15. The molecule has 3 N–H and O–H groups in total. The number of rotatable bonds is 5. The van der Waals surface area contributed by atoms with Crippen molar-refractivity contribution in [1.29, 1.82) is 0 Å². The Morgan fingerprint density at radius 1 is 1.52 bits per heavy atom. The van der Waals surface area contributed by atoms with Gasteiger partial charge in [-0.25, -0.2) is 4.39 Å². The van der Waals surface area contributed by atoms with E-state index in [1.54, 1.807) is 6.07 Å². The van der Waals surface area contributed by atoms with Gasteiger partial charge in [-0.15, -0.1) is 0 Å². The van der Waals surface area contributed by atoms with Crippen molar-refractivity contribution in [2.24, 2.45) is 11.7 Å². The molecule has 1 aromatic carbocycles. The van der Waals surface area contributed by atoms with Crippen LogP contribution in [0.4, 0.5) is 4.39 Å². The molecule has 0 aromatic heterocycles. The van der Waals surface area contributed by atoms with Gasteiger partial charge in [-0.2, -0.15) is 0 Å². The van der Waals surface area contributed by atoms with E-state index in [-0.39, 0.29) is 24.1 Å². The van der Waals surface area contributed by atoms with E-state index in [1.807, 2.05) is 0 Å². The van der Waals surface area contributed by atoms with Gasteiger partial charge in [0, 0.05) is 19.8 Å². The quantitative estimate of drug-likeness (QED) is 0.856. The molecule has 1 saturated heterocycles. The zero-order valence-electron chi connectivity index (χ0n) is 12.1. The van der Waals surface area contributed by atoms with Gasteiger partial charge in [0.1, 0.15) is 0 Å². The Labute approximate surface area is 123 Å². The Kier molecular flexibility index (Phi) is 5.52. The Morgan fingerprint density at radius 3 is 2.86 bits per heavy atom. The highest BCUT2D eigenvalue weighted by Crippen LogP contribution is 2.19. The zero-order chi connectivity index (χ0) is 15.2. The van der Waals surface area contributed by atoms with Crippen molar-refractivity contribution in [3.05, 3.63) is 29.6 Å². The van der Waals surface area contributed by atoms with E-state index in [1.165, 1.54) is 19.2 Å². The van der Waals surface area contributed by atoms with Crippen LogP contribution in [0.15, 0.2) is 18.2 Å². The second-order valence-corrected chi connectivity index (χ2v) is 5.16. The number of hydrogen-bond donors (Lipinski definition) is 2. The van der Waals surface area contributed by atoms with Gasteiger partial charge in [-0.05, 0) is 36.5 Å². The fraction of sp³-hybridized carbons (Fsp3) is 0.533. The first kappa shape index (κ1) is 15.7. The van der Waals surface area contributed by atoms with Crippen LogP contribution in [0.1, 0.15) is 18.4 Å². The number of carbonyl (C=O) groups excluding carboxylic acids is 1. The van der Waals surface area contributed by atoms with Crippen LogP contribution in [0.25, 0.3) is 0 Å². The highest BCUT2D eigenvalue weighted by molar-refractivity contribution is 5.81. The van der Waals surface area contributed by atoms with Crippen molar-refractivity contribution >= 4 is 5.91 Å². The normalized spacial score (nSPS) is 17.3. The lowest BCUT2D eigenvalue weighted by Gasteiger charge is -2.26. The molecule has 1 amide bonds. The van der Waals surface area contributed by atoms with Crippen LogP contribution in [0.2, 0.25) is 0 Å². The van der Waals surface area contributed by atoms with Crippen molar-refractivity contribution in [2.75, 3.05) is 20.3 Å². The zero-order valence-corrected chi connectivity index (χ0v) is 12.1. The second kappa shape index (κ2) is 7.38. The maximum Gasteiger partial charge on any atom is 0.237 e. The van der Waals surface area contributed by atoms with Gasteiger partial charge in [-0.1, -0.05) is 6.07 Å². The Morgan fingerprint density at radius 2 is 2.24 bits per heavy atom. The largest absolute Gasteiger partial charge is 0.494 e. The van der Waals surface area contributed by atoms with Crippen LogP contribution in [-0.2, 0) is 16.1 Å². The topological polar surface area (TPSA) is 73.6 Å². The summed E-state index contributed by atoms with van der Waals surface area (Å²) in [4.78, 5) is 12.0. The van der Waals surface area contributed by atoms with Crippen molar-refractivity contribution in [3.8, 4) is 5.75 Å². The Bertz CT molecular complexity index is 490. The molecule has 2 rings (SSSR count). The predicted molar refractivity (Wildman–Crippen MR) is 76.3 cm³/mol. The summed E-state index contributed by atoms with van der Waals surface area (Å²) in [5.41, 5.74) is 6.64.